The second-order valence-corrected chi connectivity index (χ2v) is 6.15. The van der Waals surface area contributed by atoms with E-state index < -0.39 is 0 Å². The van der Waals surface area contributed by atoms with Gasteiger partial charge in [-0.05, 0) is 38.0 Å². The number of anilines is 1. The Labute approximate surface area is 139 Å². The number of benzene rings is 1. The van der Waals surface area contributed by atoms with Crippen LogP contribution in [0, 0.1) is 11.3 Å². The Bertz CT molecular complexity index is 957. The summed E-state index contributed by atoms with van der Waals surface area (Å²) in [6.07, 6.45) is 3.73. The SMILES string of the molecule is C[C@@H]1CC(n2c(NN)nc3cnc4ccc(C#N)cc4c32)CCO1. The van der Waals surface area contributed by atoms with Crippen LogP contribution in [0.5, 0.6) is 0 Å². The van der Waals surface area contributed by atoms with Crippen LogP contribution in [0.15, 0.2) is 24.4 Å². The topological polar surface area (TPSA) is 102 Å². The van der Waals surface area contributed by atoms with Gasteiger partial charge in [-0.25, -0.2) is 10.8 Å². The van der Waals surface area contributed by atoms with Crippen molar-refractivity contribution < 1.29 is 4.74 Å². The van der Waals surface area contributed by atoms with Gasteiger partial charge >= 0.3 is 0 Å². The average molecular weight is 322 g/mol. The fourth-order valence-electron chi connectivity index (χ4n) is 3.51. The molecule has 1 aromatic carbocycles. The van der Waals surface area contributed by atoms with E-state index in [2.05, 4.69) is 33.0 Å². The van der Waals surface area contributed by atoms with Crippen molar-refractivity contribution in [3.8, 4) is 6.07 Å². The molecule has 1 aliphatic rings. The summed E-state index contributed by atoms with van der Waals surface area (Å²) in [5.41, 5.74) is 5.88. The minimum absolute atomic E-state index is 0.189. The highest BCUT2D eigenvalue weighted by Crippen LogP contribution is 2.35. The number of pyridine rings is 1. The molecule has 1 saturated heterocycles. The first-order chi connectivity index (χ1) is 11.7. The first kappa shape index (κ1) is 14.9. The second-order valence-electron chi connectivity index (χ2n) is 6.15. The summed E-state index contributed by atoms with van der Waals surface area (Å²) in [4.78, 5) is 9.03. The lowest BCUT2D eigenvalue weighted by molar-refractivity contribution is 0.00712. The van der Waals surface area contributed by atoms with Crippen molar-refractivity contribution in [2.24, 2.45) is 5.84 Å². The third-order valence-electron chi connectivity index (χ3n) is 4.60. The lowest BCUT2D eigenvalue weighted by Crippen LogP contribution is -2.27. The van der Waals surface area contributed by atoms with Crippen molar-refractivity contribution in [3.63, 3.8) is 0 Å². The fourth-order valence-corrected chi connectivity index (χ4v) is 3.51. The van der Waals surface area contributed by atoms with E-state index in [9.17, 15) is 5.26 Å². The minimum Gasteiger partial charge on any atom is -0.378 e. The molecule has 24 heavy (non-hydrogen) atoms. The normalized spacial score (nSPS) is 21.0. The summed E-state index contributed by atoms with van der Waals surface area (Å²) in [5.74, 6) is 6.33. The number of aromatic nitrogens is 3. The van der Waals surface area contributed by atoms with E-state index in [1.165, 1.54) is 0 Å². The van der Waals surface area contributed by atoms with Crippen LogP contribution in [0.4, 0.5) is 5.95 Å². The Morgan fingerprint density at radius 3 is 3.04 bits per heavy atom. The van der Waals surface area contributed by atoms with Gasteiger partial charge < -0.3 is 9.30 Å². The van der Waals surface area contributed by atoms with Crippen LogP contribution in [0.25, 0.3) is 21.9 Å². The molecule has 0 aliphatic carbocycles. The van der Waals surface area contributed by atoms with E-state index in [1.54, 1.807) is 12.3 Å². The smallest absolute Gasteiger partial charge is 0.218 e. The molecule has 1 fully saturated rings. The summed E-state index contributed by atoms with van der Waals surface area (Å²) in [5, 5.41) is 10.1. The number of nitriles is 1. The van der Waals surface area contributed by atoms with E-state index in [4.69, 9.17) is 10.6 Å². The van der Waals surface area contributed by atoms with E-state index in [-0.39, 0.29) is 12.1 Å². The maximum Gasteiger partial charge on any atom is 0.218 e. The Balaban J connectivity index is 2.02. The number of nitrogens with one attached hydrogen (secondary N) is 1. The number of rotatable bonds is 2. The van der Waals surface area contributed by atoms with Gasteiger partial charge in [-0.3, -0.25) is 10.4 Å². The van der Waals surface area contributed by atoms with Gasteiger partial charge in [0.05, 0.1) is 35.0 Å². The molecule has 0 spiro atoms. The van der Waals surface area contributed by atoms with Crippen LogP contribution in [0.3, 0.4) is 0 Å². The molecule has 7 nitrogen and oxygen atoms in total. The van der Waals surface area contributed by atoms with Crippen molar-refractivity contribution in [3.05, 3.63) is 30.0 Å². The fraction of sp³-hybridized carbons (Fsp3) is 0.353. The molecule has 0 radical (unpaired) electrons. The first-order valence-electron chi connectivity index (χ1n) is 8.00. The minimum atomic E-state index is 0.189. The molecule has 1 aliphatic heterocycles. The summed E-state index contributed by atoms with van der Waals surface area (Å²) in [7, 11) is 0. The van der Waals surface area contributed by atoms with Gasteiger partial charge in [0.2, 0.25) is 5.95 Å². The molecule has 3 heterocycles. The molecule has 1 unspecified atom stereocenters. The van der Waals surface area contributed by atoms with E-state index in [0.29, 0.717) is 18.1 Å². The zero-order valence-corrected chi connectivity index (χ0v) is 13.4. The Morgan fingerprint density at radius 2 is 2.29 bits per heavy atom. The Morgan fingerprint density at radius 1 is 1.42 bits per heavy atom. The standard InChI is InChI=1S/C17H18N6O/c1-10-6-12(4-5-24-10)23-16-13-7-11(8-18)2-3-14(13)20-9-15(16)21-17(23)22-19/h2-3,7,9-10,12H,4-6,19H2,1H3,(H,21,22)/t10-,12?/m1/s1. The molecule has 7 heteroatoms. The van der Waals surface area contributed by atoms with E-state index in [0.717, 1.165) is 34.8 Å². The van der Waals surface area contributed by atoms with Crippen LogP contribution >= 0.6 is 0 Å². The highest BCUT2D eigenvalue weighted by atomic mass is 16.5. The first-order valence-corrected chi connectivity index (χ1v) is 8.00. The number of hydrazine groups is 1. The summed E-state index contributed by atoms with van der Waals surface area (Å²) in [6.45, 7) is 2.79. The van der Waals surface area contributed by atoms with Gasteiger partial charge in [0.25, 0.3) is 0 Å². The van der Waals surface area contributed by atoms with Crippen LogP contribution in [-0.4, -0.2) is 27.2 Å². The number of ether oxygens (including phenoxy) is 1. The van der Waals surface area contributed by atoms with Crippen LogP contribution in [-0.2, 0) is 4.74 Å². The maximum absolute atomic E-state index is 9.23. The van der Waals surface area contributed by atoms with Crippen LogP contribution < -0.4 is 11.3 Å². The Kier molecular flexibility index (Phi) is 3.56. The predicted octanol–water partition coefficient (Wildman–Crippen LogP) is 2.48. The molecule has 3 N–H and O–H groups in total. The second kappa shape index (κ2) is 5.74. The van der Waals surface area contributed by atoms with Gasteiger partial charge in [-0.2, -0.15) is 5.26 Å². The third-order valence-corrected chi connectivity index (χ3v) is 4.60. The molecule has 0 saturated carbocycles. The zero-order chi connectivity index (χ0) is 16.7. The highest BCUT2D eigenvalue weighted by Gasteiger charge is 2.26. The molecule has 0 bridgehead atoms. The molecular weight excluding hydrogens is 304 g/mol. The van der Waals surface area contributed by atoms with Gasteiger partial charge in [-0.15, -0.1) is 0 Å². The summed E-state index contributed by atoms with van der Waals surface area (Å²) < 4.78 is 7.81. The number of imidazole rings is 1. The van der Waals surface area contributed by atoms with Crippen molar-refractivity contribution >= 4 is 27.9 Å². The van der Waals surface area contributed by atoms with E-state index in [1.807, 2.05) is 12.1 Å². The number of nitrogen functional groups attached to an aromatic ring is 1. The van der Waals surface area contributed by atoms with Crippen LogP contribution in [0.1, 0.15) is 31.4 Å². The number of nitrogens with two attached hydrogens (primary N) is 1. The van der Waals surface area contributed by atoms with Gasteiger partial charge in [0.1, 0.15) is 5.52 Å². The predicted molar refractivity (Wildman–Crippen MR) is 91.2 cm³/mol. The number of fused-ring (bicyclic) bond motifs is 3. The molecule has 122 valence electrons. The largest absolute Gasteiger partial charge is 0.378 e. The van der Waals surface area contributed by atoms with Crippen LogP contribution in [0.2, 0.25) is 0 Å². The molecule has 2 atom stereocenters. The van der Waals surface area contributed by atoms with Crippen molar-refractivity contribution in [1.82, 2.24) is 14.5 Å². The van der Waals surface area contributed by atoms with Crippen molar-refractivity contribution in [2.45, 2.75) is 31.9 Å². The maximum atomic E-state index is 9.23. The molecule has 2 aromatic heterocycles. The number of nitrogens with zero attached hydrogens (tertiary/aromatic N) is 4. The van der Waals surface area contributed by atoms with Gasteiger partial charge in [-0.1, -0.05) is 0 Å². The van der Waals surface area contributed by atoms with Crippen molar-refractivity contribution in [1.29, 1.82) is 5.26 Å². The summed E-state index contributed by atoms with van der Waals surface area (Å²) >= 11 is 0. The van der Waals surface area contributed by atoms with E-state index >= 15 is 0 Å². The monoisotopic (exact) mass is 322 g/mol. The molecule has 0 amide bonds. The Hall–Kier alpha value is -2.69. The third kappa shape index (κ3) is 2.28. The lowest BCUT2D eigenvalue weighted by atomic mass is 10.0. The quantitative estimate of drug-likeness (QED) is 0.555. The molecule has 4 rings (SSSR count). The number of hydrogen-bond acceptors (Lipinski definition) is 6. The summed E-state index contributed by atoms with van der Waals surface area (Å²) in [6, 6.07) is 7.94. The lowest BCUT2D eigenvalue weighted by Gasteiger charge is -2.29. The number of hydrogen-bond donors (Lipinski definition) is 2. The van der Waals surface area contributed by atoms with Crippen molar-refractivity contribution in [2.75, 3.05) is 12.0 Å². The highest BCUT2D eigenvalue weighted by molar-refractivity contribution is 6.03. The molecule has 3 aromatic rings. The van der Waals surface area contributed by atoms with Gasteiger partial charge in [0.15, 0.2) is 0 Å². The zero-order valence-electron chi connectivity index (χ0n) is 13.4. The molecular formula is C17H18N6O. The van der Waals surface area contributed by atoms with Gasteiger partial charge in [0, 0.05) is 18.0 Å². The average Bonchev–Trinajstić information content (AvgIpc) is 3.00.